The Kier molecular flexibility index (Phi) is 3.02. The summed E-state index contributed by atoms with van der Waals surface area (Å²) >= 11 is -3.79. The van der Waals surface area contributed by atoms with Gasteiger partial charge in [-0.15, -0.1) is 0 Å². The molecule has 0 atom stereocenters. The normalized spacial score (nSPS) is 20.2. The van der Waals surface area contributed by atoms with Crippen LogP contribution in [0.1, 0.15) is 12.8 Å². The summed E-state index contributed by atoms with van der Waals surface area (Å²) < 4.78 is 14.2. The Morgan fingerprint density at radius 2 is 1.44 bits per heavy atom. The van der Waals surface area contributed by atoms with Gasteiger partial charge in [0.1, 0.15) is 0 Å². The van der Waals surface area contributed by atoms with Crippen LogP contribution in [0, 0.1) is 0 Å². The van der Waals surface area contributed by atoms with Gasteiger partial charge in [0.15, 0.2) is 0 Å². The van der Waals surface area contributed by atoms with Crippen molar-refractivity contribution in [1.29, 1.82) is 0 Å². The molecule has 0 amide bonds. The number of hydrogen-bond donors (Lipinski definition) is 0. The Morgan fingerprint density at radius 3 is 1.69 bits per heavy atom. The van der Waals surface area contributed by atoms with E-state index in [9.17, 15) is 0 Å². The van der Waals surface area contributed by atoms with Crippen molar-refractivity contribution in [2.45, 2.75) is 12.8 Å². The van der Waals surface area contributed by atoms with Gasteiger partial charge in [-0.05, 0) is 0 Å². The fraction of sp³-hybridized carbons (Fsp3) is 0.308. The summed E-state index contributed by atoms with van der Waals surface area (Å²) in [4.78, 5) is 4.43. The standard InChI is InChI=1S/2C5H5.2CH3O.CH2.Ti/c2*1-2-4-5-3-1;2*1-2;;/h2*1-3H,4H2;2*1H3;1H2;/q;;2*-1;;+2. The Morgan fingerprint density at radius 1 is 1.00 bits per heavy atom. The molecule has 0 N–H and O–H groups in total. The van der Waals surface area contributed by atoms with Crippen LogP contribution in [-0.2, 0) is 22.3 Å². The molecule has 0 saturated heterocycles. The van der Waals surface area contributed by atoms with Crippen LogP contribution in [0.3, 0.4) is 0 Å². The van der Waals surface area contributed by atoms with Crippen molar-refractivity contribution in [1.82, 2.24) is 0 Å². The van der Waals surface area contributed by atoms with Crippen LogP contribution in [0.25, 0.3) is 0 Å². The van der Waals surface area contributed by atoms with Crippen LogP contribution in [0.2, 0.25) is 0 Å². The van der Waals surface area contributed by atoms with Crippen molar-refractivity contribution < 1.29 is 22.3 Å². The first-order valence-electron chi connectivity index (χ1n) is 5.51. The predicted molar refractivity (Wildman–Crippen MR) is 64.8 cm³/mol. The molecule has 0 radical (unpaired) electrons. The first kappa shape index (κ1) is 11.9. The molecule has 2 aliphatic carbocycles. The molecular formula is C13H18O2Ti. The third-order valence-corrected chi connectivity index (χ3v) is 11.6. The van der Waals surface area contributed by atoms with E-state index in [1.165, 1.54) is 7.76 Å². The van der Waals surface area contributed by atoms with Gasteiger partial charge in [-0.1, -0.05) is 0 Å². The summed E-state index contributed by atoms with van der Waals surface area (Å²) in [5.74, 6) is 0. The van der Waals surface area contributed by atoms with E-state index in [0.29, 0.717) is 0 Å². The summed E-state index contributed by atoms with van der Waals surface area (Å²) in [7, 11) is 3.46. The Hall–Kier alpha value is -0.536. The molecule has 0 aliphatic heterocycles. The summed E-state index contributed by atoms with van der Waals surface area (Å²) in [5.41, 5.74) is 0. The first-order valence-corrected chi connectivity index (χ1v) is 9.45. The molecule has 3 heteroatoms. The van der Waals surface area contributed by atoms with Gasteiger partial charge in [0.2, 0.25) is 0 Å². The van der Waals surface area contributed by atoms with E-state index in [-0.39, 0.29) is 0 Å². The molecule has 0 spiro atoms. The zero-order valence-corrected chi connectivity index (χ0v) is 11.5. The van der Waals surface area contributed by atoms with Crippen LogP contribution >= 0.6 is 0 Å². The molecule has 2 rings (SSSR count). The number of hydrogen-bond acceptors (Lipinski definition) is 2. The van der Waals surface area contributed by atoms with E-state index < -0.39 is 15.6 Å². The van der Waals surface area contributed by atoms with Gasteiger partial charge in [0, 0.05) is 0 Å². The Labute approximate surface area is 98.3 Å². The zero-order chi connectivity index (χ0) is 11.7. The van der Waals surface area contributed by atoms with E-state index in [4.69, 9.17) is 6.64 Å². The molecule has 0 saturated carbocycles. The fourth-order valence-corrected chi connectivity index (χ4v) is 8.01. The van der Waals surface area contributed by atoms with Crippen molar-refractivity contribution >= 4 is 4.82 Å². The average molecular weight is 254 g/mol. The number of rotatable bonds is 4. The van der Waals surface area contributed by atoms with Gasteiger partial charge in [0.05, 0.1) is 0 Å². The van der Waals surface area contributed by atoms with Gasteiger partial charge in [-0.2, -0.15) is 0 Å². The monoisotopic (exact) mass is 254 g/mol. The zero-order valence-electron chi connectivity index (χ0n) is 9.90. The molecule has 0 aromatic heterocycles. The van der Waals surface area contributed by atoms with Gasteiger partial charge < -0.3 is 0 Å². The summed E-state index contributed by atoms with van der Waals surface area (Å²) in [6.07, 6.45) is 14.4. The first-order chi connectivity index (χ1) is 7.64. The van der Waals surface area contributed by atoms with Gasteiger partial charge in [-0.25, -0.2) is 0 Å². The average Bonchev–Trinajstić information content (AvgIpc) is 3.00. The van der Waals surface area contributed by atoms with E-state index in [2.05, 4.69) is 41.3 Å². The molecule has 2 nitrogen and oxygen atoms in total. The second-order valence-electron chi connectivity index (χ2n) is 4.32. The molecular weight excluding hydrogens is 236 g/mol. The molecule has 0 unspecified atom stereocenters. The van der Waals surface area contributed by atoms with Gasteiger partial charge in [0.25, 0.3) is 0 Å². The Balaban J connectivity index is 2.53. The molecule has 0 heterocycles. The quantitative estimate of drug-likeness (QED) is 0.718. The predicted octanol–water partition coefficient (Wildman–Crippen LogP) is 2.92. The Bertz CT molecular complexity index is 434. The minimum absolute atomic E-state index is 0.902. The molecule has 0 bridgehead atoms. The third-order valence-electron chi connectivity index (χ3n) is 3.71. The van der Waals surface area contributed by atoms with Crippen molar-refractivity contribution in [3.8, 4) is 0 Å². The van der Waals surface area contributed by atoms with Crippen LogP contribution in [0.4, 0.5) is 0 Å². The van der Waals surface area contributed by atoms with Crippen molar-refractivity contribution in [3.63, 3.8) is 0 Å². The third kappa shape index (κ3) is 1.49. The molecule has 0 aromatic carbocycles. The van der Waals surface area contributed by atoms with Crippen LogP contribution in [0.5, 0.6) is 0 Å². The summed E-state index contributed by atoms with van der Waals surface area (Å²) in [6, 6.07) is 0. The molecule has 0 aromatic rings. The van der Waals surface area contributed by atoms with Crippen LogP contribution < -0.4 is 0 Å². The van der Waals surface area contributed by atoms with E-state index in [1.807, 2.05) is 0 Å². The fourth-order valence-electron chi connectivity index (χ4n) is 2.46. The summed E-state index contributed by atoms with van der Waals surface area (Å²) in [6.45, 7) is 0. The van der Waals surface area contributed by atoms with E-state index in [0.717, 1.165) is 12.8 Å². The van der Waals surface area contributed by atoms with Crippen LogP contribution in [-0.4, -0.2) is 19.0 Å². The molecule has 2 aliphatic rings. The van der Waals surface area contributed by atoms with Crippen molar-refractivity contribution in [3.05, 3.63) is 44.2 Å². The maximum atomic E-state index is 5.88. The molecule has 86 valence electrons. The van der Waals surface area contributed by atoms with Gasteiger partial charge in [-0.3, -0.25) is 0 Å². The topological polar surface area (TPSA) is 18.5 Å². The minimum atomic E-state index is -3.79. The van der Waals surface area contributed by atoms with Crippen LogP contribution in [0.15, 0.2) is 44.2 Å². The molecule has 0 fully saturated rings. The van der Waals surface area contributed by atoms with Crippen molar-refractivity contribution in [2.24, 2.45) is 0 Å². The van der Waals surface area contributed by atoms with E-state index >= 15 is 0 Å². The second kappa shape index (κ2) is 4.04. The van der Waals surface area contributed by atoms with Gasteiger partial charge >= 0.3 is 98.3 Å². The van der Waals surface area contributed by atoms with E-state index in [1.54, 1.807) is 14.2 Å². The van der Waals surface area contributed by atoms with Crippen molar-refractivity contribution in [2.75, 3.05) is 14.2 Å². The number of allylic oxidation sites excluding steroid dienone is 8. The SMILES string of the molecule is [CH2]=[Ti]([O]C)([O]C)([C]1=CC=CC1)[C]1=CC=CC1. The molecule has 16 heavy (non-hydrogen) atoms. The maximum absolute atomic E-state index is 5.88. The second-order valence-corrected chi connectivity index (χ2v) is 11.5. The summed E-state index contributed by atoms with van der Waals surface area (Å²) in [5, 5.41) is 0.